The molecule has 1 fully saturated rings. The van der Waals surface area contributed by atoms with Crippen LogP contribution in [0.25, 0.3) is 0 Å². The molecule has 3 N–H and O–H groups in total. The van der Waals surface area contributed by atoms with Crippen molar-refractivity contribution in [3.05, 3.63) is 29.3 Å². The number of hydrogen-bond acceptors (Lipinski definition) is 3. The summed E-state index contributed by atoms with van der Waals surface area (Å²) >= 11 is 0. The van der Waals surface area contributed by atoms with Gasteiger partial charge in [0.15, 0.2) is 0 Å². The third-order valence-corrected chi connectivity index (χ3v) is 4.08. The average Bonchev–Trinajstić information content (AvgIpc) is 3.05. The Morgan fingerprint density at radius 1 is 1.42 bits per heavy atom. The predicted molar refractivity (Wildman–Crippen MR) is 73.1 cm³/mol. The largest absolute Gasteiger partial charge is 0.493 e. The Morgan fingerprint density at radius 2 is 2.26 bits per heavy atom. The van der Waals surface area contributed by atoms with Crippen LogP contribution < -0.4 is 15.8 Å². The number of amides is 1. The highest BCUT2D eigenvalue weighted by Gasteiger charge is 2.47. The lowest BCUT2D eigenvalue weighted by Crippen LogP contribution is -2.44. The van der Waals surface area contributed by atoms with Gasteiger partial charge < -0.3 is 15.8 Å². The van der Waals surface area contributed by atoms with E-state index in [9.17, 15) is 4.79 Å². The number of fused-ring (bicyclic) bond motifs is 1. The van der Waals surface area contributed by atoms with Crippen molar-refractivity contribution in [2.45, 2.75) is 37.6 Å². The van der Waals surface area contributed by atoms with Crippen LogP contribution >= 0.6 is 0 Å². The molecule has 1 aliphatic heterocycles. The zero-order valence-corrected chi connectivity index (χ0v) is 11.1. The highest BCUT2D eigenvalue weighted by molar-refractivity contribution is 5.87. The molecule has 1 aliphatic carbocycles. The second-order valence-corrected chi connectivity index (χ2v) is 5.52. The zero-order valence-electron chi connectivity index (χ0n) is 11.1. The van der Waals surface area contributed by atoms with Crippen LogP contribution in [0, 0.1) is 0 Å². The van der Waals surface area contributed by atoms with Gasteiger partial charge >= 0.3 is 0 Å². The van der Waals surface area contributed by atoms with E-state index in [4.69, 9.17) is 10.5 Å². The summed E-state index contributed by atoms with van der Waals surface area (Å²) in [5.74, 6) is 0.828. The van der Waals surface area contributed by atoms with Crippen LogP contribution in [0.1, 0.15) is 30.4 Å². The van der Waals surface area contributed by atoms with E-state index in [0.29, 0.717) is 0 Å². The number of hydrogen-bond donors (Lipinski definition) is 2. The number of carbonyl (C=O) groups excluding carboxylic acids is 1. The second kappa shape index (κ2) is 4.85. The second-order valence-electron chi connectivity index (χ2n) is 5.52. The van der Waals surface area contributed by atoms with E-state index in [-0.39, 0.29) is 11.4 Å². The first-order chi connectivity index (χ1) is 9.20. The molecule has 0 unspecified atom stereocenters. The summed E-state index contributed by atoms with van der Waals surface area (Å²) in [6.07, 6.45) is 4.84. The van der Waals surface area contributed by atoms with Crippen LogP contribution in [0.4, 0.5) is 0 Å². The first-order valence-corrected chi connectivity index (χ1v) is 6.99. The van der Waals surface area contributed by atoms with Crippen LogP contribution in [0.2, 0.25) is 0 Å². The number of nitrogens with two attached hydrogens (primary N) is 1. The normalized spacial score (nSPS) is 18.7. The molecule has 0 saturated heterocycles. The van der Waals surface area contributed by atoms with Crippen molar-refractivity contribution in [3.63, 3.8) is 0 Å². The Hall–Kier alpha value is -1.55. The summed E-state index contributed by atoms with van der Waals surface area (Å²) < 4.78 is 5.49. The molecular weight excluding hydrogens is 240 g/mol. The molecule has 1 aromatic rings. The van der Waals surface area contributed by atoms with Crippen molar-refractivity contribution in [1.82, 2.24) is 5.32 Å². The van der Waals surface area contributed by atoms with E-state index in [1.165, 1.54) is 11.1 Å². The Kier molecular flexibility index (Phi) is 3.19. The van der Waals surface area contributed by atoms with E-state index in [1.807, 2.05) is 0 Å². The van der Waals surface area contributed by atoms with Gasteiger partial charge in [0.1, 0.15) is 5.75 Å². The molecule has 0 spiro atoms. The van der Waals surface area contributed by atoms with Crippen molar-refractivity contribution in [1.29, 1.82) is 0 Å². The molecule has 1 amide bonds. The number of primary amides is 1. The summed E-state index contributed by atoms with van der Waals surface area (Å²) in [5.41, 5.74) is 7.65. The molecule has 0 atom stereocenters. The van der Waals surface area contributed by atoms with Gasteiger partial charge in [-0.2, -0.15) is 0 Å². The Morgan fingerprint density at radius 3 is 3.00 bits per heavy atom. The molecule has 1 saturated carbocycles. The van der Waals surface area contributed by atoms with Gasteiger partial charge in [-0.1, -0.05) is 12.1 Å². The van der Waals surface area contributed by atoms with Gasteiger partial charge in [-0.25, -0.2) is 0 Å². The average molecular weight is 260 g/mol. The Balaban J connectivity index is 1.47. The van der Waals surface area contributed by atoms with E-state index >= 15 is 0 Å². The summed E-state index contributed by atoms with van der Waals surface area (Å²) in [6, 6.07) is 6.44. The molecule has 4 nitrogen and oxygen atoms in total. The predicted octanol–water partition coefficient (Wildman–Crippen LogP) is 1.16. The third-order valence-electron chi connectivity index (χ3n) is 4.08. The molecule has 3 rings (SSSR count). The lowest BCUT2D eigenvalue weighted by molar-refractivity contribution is -0.121. The van der Waals surface area contributed by atoms with Gasteiger partial charge in [-0.15, -0.1) is 0 Å². The number of benzene rings is 1. The summed E-state index contributed by atoms with van der Waals surface area (Å²) in [7, 11) is 0. The minimum atomic E-state index is -0.383. The van der Waals surface area contributed by atoms with E-state index < -0.39 is 0 Å². The van der Waals surface area contributed by atoms with Gasteiger partial charge in [0.2, 0.25) is 5.91 Å². The van der Waals surface area contributed by atoms with Crippen molar-refractivity contribution in [2.24, 2.45) is 5.73 Å². The van der Waals surface area contributed by atoms with E-state index in [2.05, 4.69) is 23.5 Å². The SMILES string of the molecule is NC(=O)C1(NCCCc2ccc3c(c2)CCO3)CC1. The number of ether oxygens (including phenoxy) is 1. The molecule has 1 aromatic carbocycles. The summed E-state index contributed by atoms with van der Waals surface area (Å²) in [6.45, 7) is 1.65. The molecule has 4 heteroatoms. The lowest BCUT2D eigenvalue weighted by atomic mass is 10.0. The fourth-order valence-corrected chi connectivity index (χ4v) is 2.65. The molecule has 0 aromatic heterocycles. The van der Waals surface area contributed by atoms with Gasteiger partial charge in [0, 0.05) is 6.42 Å². The fourth-order valence-electron chi connectivity index (χ4n) is 2.65. The van der Waals surface area contributed by atoms with E-state index in [1.54, 1.807) is 0 Å². The maximum absolute atomic E-state index is 11.2. The molecule has 2 aliphatic rings. The quantitative estimate of drug-likeness (QED) is 0.754. The van der Waals surface area contributed by atoms with Crippen LogP contribution in [-0.2, 0) is 17.6 Å². The Labute approximate surface area is 113 Å². The first kappa shape index (κ1) is 12.5. The van der Waals surface area contributed by atoms with Crippen LogP contribution in [0.15, 0.2) is 18.2 Å². The Bertz CT molecular complexity index is 495. The van der Waals surface area contributed by atoms with Crippen molar-refractivity contribution in [2.75, 3.05) is 13.2 Å². The fraction of sp³-hybridized carbons (Fsp3) is 0.533. The summed E-state index contributed by atoms with van der Waals surface area (Å²) in [5, 5.41) is 3.29. The highest BCUT2D eigenvalue weighted by Crippen LogP contribution is 2.34. The maximum atomic E-state index is 11.2. The molecule has 0 radical (unpaired) electrons. The smallest absolute Gasteiger partial charge is 0.237 e. The van der Waals surface area contributed by atoms with Gasteiger partial charge in [0.25, 0.3) is 0 Å². The van der Waals surface area contributed by atoms with Crippen molar-refractivity contribution < 1.29 is 9.53 Å². The number of aryl methyl sites for hydroxylation is 1. The summed E-state index contributed by atoms with van der Waals surface area (Å²) in [4.78, 5) is 11.2. The van der Waals surface area contributed by atoms with Crippen molar-refractivity contribution in [3.8, 4) is 5.75 Å². The van der Waals surface area contributed by atoms with Crippen LogP contribution in [0.3, 0.4) is 0 Å². The molecule has 102 valence electrons. The van der Waals surface area contributed by atoms with Gasteiger partial charge in [-0.3, -0.25) is 4.79 Å². The van der Waals surface area contributed by atoms with Crippen LogP contribution in [-0.4, -0.2) is 24.6 Å². The topological polar surface area (TPSA) is 64.4 Å². The molecule has 19 heavy (non-hydrogen) atoms. The third kappa shape index (κ3) is 2.59. The van der Waals surface area contributed by atoms with Crippen molar-refractivity contribution >= 4 is 5.91 Å². The minimum absolute atomic E-state index is 0.206. The number of carbonyl (C=O) groups is 1. The number of rotatable bonds is 6. The number of nitrogens with one attached hydrogen (secondary N) is 1. The first-order valence-electron chi connectivity index (χ1n) is 6.99. The van der Waals surface area contributed by atoms with Crippen LogP contribution in [0.5, 0.6) is 5.75 Å². The van der Waals surface area contributed by atoms with Gasteiger partial charge in [-0.05, 0) is 49.4 Å². The highest BCUT2D eigenvalue weighted by atomic mass is 16.5. The molecule has 1 heterocycles. The monoisotopic (exact) mass is 260 g/mol. The lowest BCUT2D eigenvalue weighted by Gasteiger charge is -2.13. The maximum Gasteiger partial charge on any atom is 0.237 e. The van der Waals surface area contributed by atoms with E-state index in [0.717, 1.165) is 51.0 Å². The zero-order chi connectivity index (χ0) is 13.3. The molecular formula is C15H20N2O2. The van der Waals surface area contributed by atoms with Gasteiger partial charge in [0.05, 0.1) is 12.1 Å². The minimum Gasteiger partial charge on any atom is -0.493 e. The standard InChI is InChI=1S/C15H20N2O2/c16-14(18)15(6-7-15)17-8-1-2-11-3-4-13-12(10-11)5-9-19-13/h3-4,10,17H,1-2,5-9H2,(H2,16,18). The molecule has 0 bridgehead atoms.